The van der Waals surface area contributed by atoms with Crippen LogP contribution in [0.3, 0.4) is 0 Å². The number of rotatable bonds is 5. The van der Waals surface area contributed by atoms with Crippen LogP contribution in [0, 0.1) is 6.92 Å². The van der Waals surface area contributed by atoms with Crippen molar-refractivity contribution in [3.05, 3.63) is 29.3 Å². The first-order valence-corrected chi connectivity index (χ1v) is 6.50. The Kier molecular flexibility index (Phi) is 5.56. The fourth-order valence-corrected chi connectivity index (χ4v) is 1.71. The molecule has 0 aliphatic carbocycles. The molecule has 1 aromatic rings. The van der Waals surface area contributed by atoms with Gasteiger partial charge in [-0.15, -0.1) is 0 Å². The zero-order chi connectivity index (χ0) is 15.3. The third-order valence-electron chi connectivity index (χ3n) is 3.03. The van der Waals surface area contributed by atoms with Crippen molar-refractivity contribution in [1.82, 2.24) is 0 Å². The van der Waals surface area contributed by atoms with Gasteiger partial charge in [-0.1, -0.05) is 25.8 Å². The van der Waals surface area contributed by atoms with Gasteiger partial charge in [0, 0.05) is 5.69 Å². The van der Waals surface area contributed by atoms with Gasteiger partial charge < -0.3 is 11.1 Å². The average Bonchev–Trinajstić information content (AvgIpc) is 2.37. The zero-order valence-electron chi connectivity index (χ0n) is 11.6. The Morgan fingerprint density at radius 1 is 1.40 bits per heavy atom. The third-order valence-corrected chi connectivity index (χ3v) is 3.03. The number of hydrogen-bond donors (Lipinski definition) is 2. The molecule has 0 aliphatic heterocycles. The minimum Gasteiger partial charge on any atom is -0.324 e. The summed E-state index contributed by atoms with van der Waals surface area (Å²) in [7, 11) is 0. The first kappa shape index (κ1) is 16.5. The highest BCUT2D eigenvalue weighted by atomic mass is 19.4. The molecule has 0 saturated carbocycles. The van der Waals surface area contributed by atoms with E-state index < -0.39 is 23.7 Å². The van der Waals surface area contributed by atoms with Gasteiger partial charge >= 0.3 is 6.18 Å². The molecule has 1 rings (SSSR count). The van der Waals surface area contributed by atoms with E-state index in [-0.39, 0.29) is 5.69 Å². The second-order valence-corrected chi connectivity index (χ2v) is 4.77. The molecule has 1 aromatic carbocycles. The summed E-state index contributed by atoms with van der Waals surface area (Å²) in [6.07, 6.45) is -2.21. The zero-order valence-corrected chi connectivity index (χ0v) is 11.6. The first-order chi connectivity index (χ1) is 9.25. The second kappa shape index (κ2) is 6.74. The molecular weight excluding hydrogens is 269 g/mol. The number of carbonyl (C=O) groups excluding carboxylic acids is 1. The lowest BCUT2D eigenvalue weighted by molar-refractivity contribution is -0.137. The van der Waals surface area contributed by atoms with Crippen molar-refractivity contribution < 1.29 is 18.0 Å². The Hall–Kier alpha value is -1.56. The molecule has 1 atom stereocenters. The van der Waals surface area contributed by atoms with Crippen LogP contribution in [0.4, 0.5) is 18.9 Å². The van der Waals surface area contributed by atoms with Crippen LogP contribution in [0.1, 0.15) is 37.3 Å². The highest BCUT2D eigenvalue weighted by Crippen LogP contribution is 2.32. The van der Waals surface area contributed by atoms with Gasteiger partial charge in [0.2, 0.25) is 5.91 Å². The largest absolute Gasteiger partial charge is 0.416 e. The van der Waals surface area contributed by atoms with Crippen molar-refractivity contribution in [2.45, 2.75) is 45.3 Å². The number of benzene rings is 1. The topological polar surface area (TPSA) is 55.1 Å². The molecule has 0 spiro atoms. The lowest BCUT2D eigenvalue weighted by Gasteiger charge is -2.15. The first-order valence-electron chi connectivity index (χ1n) is 6.50. The summed E-state index contributed by atoms with van der Waals surface area (Å²) >= 11 is 0. The highest BCUT2D eigenvalue weighted by molar-refractivity contribution is 5.95. The normalized spacial score (nSPS) is 13.1. The summed E-state index contributed by atoms with van der Waals surface area (Å²) in [4.78, 5) is 11.8. The van der Waals surface area contributed by atoms with Crippen LogP contribution >= 0.6 is 0 Å². The van der Waals surface area contributed by atoms with Gasteiger partial charge in [0.05, 0.1) is 11.6 Å². The van der Waals surface area contributed by atoms with Crippen molar-refractivity contribution in [2.75, 3.05) is 5.32 Å². The van der Waals surface area contributed by atoms with Crippen LogP contribution < -0.4 is 11.1 Å². The molecule has 0 aliphatic rings. The van der Waals surface area contributed by atoms with Crippen LogP contribution in [0.15, 0.2) is 18.2 Å². The number of nitrogens with one attached hydrogen (secondary N) is 1. The summed E-state index contributed by atoms with van der Waals surface area (Å²) in [5.41, 5.74) is 5.61. The molecule has 0 radical (unpaired) electrons. The minimum absolute atomic E-state index is 0.150. The van der Waals surface area contributed by atoms with E-state index >= 15 is 0 Å². The van der Waals surface area contributed by atoms with Crippen LogP contribution in [-0.4, -0.2) is 11.9 Å². The number of hydrogen-bond acceptors (Lipinski definition) is 2. The predicted octanol–water partition coefficient (Wildman–Crippen LogP) is 3.47. The van der Waals surface area contributed by atoms with Crippen molar-refractivity contribution in [3.63, 3.8) is 0 Å². The third kappa shape index (κ3) is 4.52. The van der Waals surface area contributed by atoms with E-state index in [0.29, 0.717) is 12.0 Å². The molecule has 6 heteroatoms. The lowest BCUT2D eigenvalue weighted by Crippen LogP contribution is -2.35. The molecule has 1 unspecified atom stereocenters. The maximum absolute atomic E-state index is 12.6. The molecule has 3 N–H and O–H groups in total. The Bertz CT molecular complexity index is 472. The maximum atomic E-state index is 12.6. The van der Waals surface area contributed by atoms with Crippen molar-refractivity contribution in [1.29, 1.82) is 0 Å². The molecule has 1 amide bonds. The van der Waals surface area contributed by atoms with Crippen LogP contribution in [0.2, 0.25) is 0 Å². The number of amides is 1. The second-order valence-electron chi connectivity index (χ2n) is 4.77. The fourth-order valence-electron chi connectivity index (χ4n) is 1.71. The van der Waals surface area contributed by atoms with Gasteiger partial charge in [0.25, 0.3) is 0 Å². The van der Waals surface area contributed by atoms with Crippen LogP contribution in [0.25, 0.3) is 0 Å². The number of anilines is 1. The molecule has 0 saturated heterocycles. The molecule has 0 heterocycles. The van der Waals surface area contributed by atoms with E-state index in [2.05, 4.69) is 5.32 Å². The van der Waals surface area contributed by atoms with Crippen LogP contribution in [-0.2, 0) is 11.0 Å². The molecule has 112 valence electrons. The average molecular weight is 288 g/mol. The summed E-state index contributed by atoms with van der Waals surface area (Å²) in [6.45, 7) is 3.61. The molecule has 3 nitrogen and oxygen atoms in total. The van der Waals surface area contributed by atoms with Crippen LogP contribution in [0.5, 0.6) is 0 Å². The number of carbonyl (C=O) groups is 1. The van der Waals surface area contributed by atoms with E-state index in [0.717, 1.165) is 25.0 Å². The predicted molar refractivity (Wildman–Crippen MR) is 72.3 cm³/mol. The SMILES string of the molecule is CCCCC(N)C(=O)Nc1cc(C(F)(F)F)ccc1C. The number of unbranched alkanes of at least 4 members (excludes halogenated alkanes) is 1. The molecule has 20 heavy (non-hydrogen) atoms. The van der Waals surface area contributed by atoms with Crippen molar-refractivity contribution >= 4 is 11.6 Å². The molecule has 0 fully saturated rings. The van der Waals surface area contributed by atoms with Gasteiger partial charge in [0.15, 0.2) is 0 Å². The summed E-state index contributed by atoms with van der Waals surface area (Å²) in [5.74, 6) is -0.458. The van der Waals surface area contributed by atoms with E-state index in [9.17, 15) is 18.0 Å². The number of nitrogens with two attached hydrogens (primary N) is 1. The van der Waals surface area contributed by atoms with Gasteiger partial charge in [-0.25, -0.2) is 0 Å². The fraction of sp³-hybridized carbons (Fsp3) is 0.500. The maximum Gasteiger partial charge on any atom is 0.416 e. The Morgan fingerprint density at radius 3 is 2.60 bits per heavy atom. The van der Waals surface area contributed by atoms with Crippen molar-refractivity contribution in [2.24, 2.45) is 5.73 Å². The van der Waals surface area contributed by atoms with Gasteiger partial charge in [-0.3, -0.25) is 4.79 Å². The summed E-state index contributed by atoms with van der Waals surface area (Å²) < 4.78 is 37.9. The quantitative estimate of drug-likeness (QED) is 0.871. The Balaban J connectivity index is 2.84. The standard InChI is InChI=1S/C14H19F3N2O/c1-3-4-5-11(18)13(20)19-12-8-10(14(15,16)17)7-6-9(12)2/h6-8,11H,3-5,18H2,1-2H3,(H,19,20). The molecular formula is C14H19F3N2O. The monoisotopic (exact) mass is 288 g/mol. The highest BCUT2D eigenvalue weighted by Gasteiger charge is 2.31. The Morgan fingerprint density at radius 2 is 2.05 bits per heavy atom. The Labute approximate surface area is 116 Å². The van der Waals surface area contributed by atoms with E-state index in [1.54, 1.807) is 6.92 Å². The lowest BCUT2D eigenvalue weighted by atomic mass is 10.1. The van der Waals surface area contributed by atoms with Gasteiger partial charge in [-0.05, 0) is 31.0 Å². The van der Waals surface area contributed by atoms with E-state index in [1.807, 2.05) is 6.92 Å². The van der Waals surface area contributed by atoms with Gasteiger partial charge in [-0.2, -0.15) is 13.2 Å². The summed E-state index contributed by atoms with van der Waals surface area (Å²) in [5, 5.41) is 2.47. The minimum atomic E-state index is -4.43. The van der Waals surface area contributed by atoms with Crippen molar-refractivity contribution in [3.8, 4) is 0 Å². The summed E-state index contributed by atoms with van der Waals surface area (Å²) in [6, 6.07) is 2.54. The van der Waals surface area contributed by atoms with Gasteiger partial charge in [0.1, 0.15) is 0 Å². The van der Waals surface area contributed by atoms with E-state index in [4.69, 9.17) is 5.73 Å². The molecule has 0 bridgehead atoms. The number of aryl methyl sites for hydroxylation is 1. The number of alkyl halides is 3. The smallest absolute Gasteiger partial charge is 0.324 e. The molecule has 0 aromatic heterocycles. The number of halogens is 3. The van der Waals surface area contributed by atoms with E-state index in [1.165, 1.54) is 6.07 Å².